The molecule has 0 aromatic heterocycles. The normalized spacial score (nSPS) is 11.6. The second-order valence-electron chi connectivity index (χ2n) is 5.53. The molecule has 1 aromatic carbocycles. The Kier molecular flexibility index (Phi) is 5.36. The summed E-state index contributed by atoms with van der Waals surface area (Å²) >= 11 is 0. The van der Waals surface area contributed by atoms with Gasteiger partial charge in [0.2, 0.25) is 0 Å². The third kappa shape index (κ3) is 4.91. The standard InChI is InChI=1S/C15H23NO3/c1-15(2,14(17)18)11-16(3)9-8-12-6-5-7-13(10-12)19-4/h5-7,10H,8-9,11H2,1-4H3,(H,17,18). The first-order valence-electron chi connectivity index (χ1n) is 6.40. The summed E-state index contributed by atoms with van der Waals surface area (Å²) in [5.74, 6) is 0.0896. The summed E-state index contributed by atoms with van der Waals surface area (Å²) < 4.78 is 5.18. The van der Waals surface area contributed by atoms with Gasteiger partial charge in [-0.1, -0.05) is 12.1 Å². The summed E-state index contributed by atoms with van der Waals surface area (Å²) in [6.07, 6.45) is 0.878. The average Bonchev–Trinajstić information content (AvgIpc) is 2.36. The van der Waals surface area contributed by atoms with Gasteiger partial charge in [-0.2, -0.15) is 0 Å². The molecule has 0 fully saturated rings. The second-order valence-corrected chi connectivity index (χ2v) is 5.53. The van der Waals surface area contributed by atoms with Crippen molar-refractivity contribution in [3.8, 4) is 5.75 Å². The molecular weight excluding hydrogens is 242 g/mol. The summed E-state index contributed by atoms with van der Waals surface area (Å²) in [5.41, 5.74) is 0.475. The van der Waals surface area contributed by atoms with Crippen molar-refractivity contribution in [2.24, 2.45) is 5.41 Å². The molecule has 0 saturated carbocycles. The average molecular weight is 265 g/mol. The van der Waals surface area contributed by atoms with E-state index in [0.29, 0.717) is 6.54 Å². The molecule has 0 aliphatic rings. The van der Waals surface area contributed by atoms with Gasteiger partial charge in [-0.15, -0.1) is 0 Å². The van der Waals surface area contributed by atoms with Gasteiger partial charge in [-0.3, -0.25) is 4.79 Å². The highest BCUT2D eigenvalue weighted by atomic mass is 16.5. The maximum atomic E-state index is 11.1. The summed E-state index contributed by atoms with van der Waals surface area (Å²) in [4.78, 5) is 13.1. The van der Waals surface area contributed by atoms with Crippen LogP contribution in [0.4, 0.5) is 0 Å². The second kappa shape index (κ2) is 6.57. The number of hydrogen-bond acceptors (Lipinski definition) is 3. The smallest absolute Gasteiger partial charge is 0.310 e. The number of rotatable bonds is 7. The minimum absolute atomic E-state index is 0.534. The van der Waals surface area contributed by atoms with Crippen LogP contribution in [0.25, 0.3) is 0 Å². The molecule has 0 atom stereocenters. The van der Waals surface area contributed by atoms with Crippen LogP contribution in [0.1, 0.15) is 19.4 Å². The van der Waals surface area contributed by atoms with Crippen LogP contribution in [-0.2, 0) is 11.2 Å². The van der Waals surface area contributed by atoms with Crippen LogP contribution in [-0.4, -0.2) is 43.2 Å². The van der Waals surface area contributed by atoms with E-state index < -0.39 is 11.4 Å². The first-order chi connectivity index (χ1) is 8.85. The fourth-order valence-corrected chi connectivity index (χ4v) is 1.97. The van der Waals surface area contributed by atoms with Crippen LogP contribution in [0, 0.1) is 5.41 Å². The molecule has 0 amide bonds. The molecule has 1 N–H and O–H groups in total. The lowest BCUT2D eigenvalue weighted by molar-refractivity contribution is -0.147. The Bertz CT molecular complexity index is 429. The van der Waals surface area contributed by atoms with Gasteiger partial charge in [-0.05, 0) is 45.0 Å². The Morgan fingerprint density at radius 1 is 1.42 bits per heavy atom. The van der Waals surface area contributed by atoms with Crippen molar-refractivity contribution in [1.29, 1.82) is 0 Å². The first kappa shape index (κ1) is 15.5. The predicted octanol–water partition coefficient (Wildman–Crippen LogP) is 2.28. The third-order valence-electron chi connectivity index (χ3n) is 3.16. The van der Waals surface area contributed by atoms with Gasteiger partial charge in [0.15, 0.2) is 0 Å². The highest BCUT2D eigenvalue weighted by molar-refractivity contribution is 5.73. The fourth-order valence-electron chi connectivity index (χ4n) is 1.97. The van der Waals surface area contributed by atoms with Gasteiger partial charge in [0.25, 0.3) is 0 Å². The van der Waals surface area contributed by atoms with E-state index in [0.717, 1.165) is 18.7 Å². The Morgan fingerprint density at radius 3 is 2.68 bits per heavy atom. The summed E-state index contributed by atoms with van der Waals surface area (Å²) in [6, 6.07) is 7.95. The lowest BCUT2D eigenvalue weighted by Gasteiger charge is -2.26. The van der Waals surface area contributed by atoms with Gasteiger partial charge in [0, 0.05) is 13.1 Å². The molecule has 4 nitrogen and oxygen atoms in total. The highest BCUT2D eigenvalue weighted by Crippen LogP contribution is 2.17. The summed E-state index contributed by atoms with van der Waals surface area (Å²) in [7, 11) is 3.60. The maximum absolute atomic E-state index is 11.1. The topological polar surface area (TPSA) is 49.8 Å². The molecule has 19 heavy (non-hydrogen) atoms. The Balaban J connectivity index is 2.50. The number of aliphatic carboxylic acids is 1. The molecular formula is C15H23NO3. The molecule has 106 valence electrons. The maximum Gasteiger partial charge on any atom is 0.310 e. The molecule has 0 radical (unpaired) electrons. The molecule has 1 aromatic rings. The van der Waals surface area contributed by atoms with Crippen LogP contribution in [0.2, 0.25) is 0 Å². The number of hydrogen-bond donors (Lipinski definition) is 1. The largest absolute Gasteiger partial charge is 0.497 e. The molecule has 0 heterocycles. The van der Waals surface area contributed by atoms with Gasteiger partial charge in [-0.25, -0.2) is 0 Å². The van der Waals surface area contributed by atoms with Gasteiger partial charge < -0.3 is 14.7 Å². The van der Waals surface area contributed by atoms with E-state index in [1.807, 2.05) is 30.1 Å². The summed E-state index contributed by atoms with van der Waals surface area (Å²) in [6.45, 7) is 4.85. The van der Waals surface area contributed by atoms with E-state index in [9.17, 15) is 4.79 Å². The molecule has 0 aliphatic heterocycles. The molecule has 4 heteroatoms. The lowest BCUT2D eigenvalue weighted by Crippen LogP contribution is -2.38. The molecule has 0 unspecified atom stereocenters. The van der Waals surface area contributed by atoms with E-state index in [2.05, 4.69) is 6.07 Å². The Morgan fingerprint density at radius 2 is 2.11 bits per heavy atom. The number of nitrogens with zero attached hydrogens (tertiary/aromatic N) is 1. The van der Waals surface area contributed by atoms with Crippen molar-refractivity contribution < 1.29 is 14.6 Å². The van der Waals surface area contributed by atoms with Crippen molar-refractivity contribution >= 4 is 5.97 Å². The quantitative estimate of drug-likeness (QED) is 0.821. The van der Waals surface area contributed by atoms with E-state index in [4.69, 9.17) is 9.84 Å². The number of carboxylic acids is 1. The van der Waals surface area contributed by atoms with Crippen LogP contribution in [0.5, 0.6) is 5.75 Å². The summed E-state index contributed by atoms with van der Waals surface area (Å²) in [5, 5.41) is 9.10. The highest BCUT2D eigenvalue weighted by Gasteiger charge is 2.28. The van der Waals surface area contributed by atoms with Gasteiger partial charge in [0.1, 0.15) is 5.75 Å². The van der Waals surface area contributed by atoms with Gasteiger partial charge >= 0.3 is 5.97 Å². The minimum atomic E-state index is -0.763. The first-order valence-corrected chi connectivity index (χ1v) is 6.40. The zero-order valence-corrected chi connectivity index (χ0v) is 12.1. The molecule has 0 aliphatic carbocycles. The van der Waals surface area contributed by atoms with Crippen molar-refractivity contribution in [1.82, 2.24) is 4.90 Å². The van der Waals surface area contributed by atoms with Crippen LogP contribution >= 0.6 is 0 Å². The molecule has 0 spiro atoms. The number of benzene rings is 1. The SMILES string of the molecule is COc1cccc(CCN(C)CC(C)(C)C(=O)O)c1. The Hall–Kier alpha value is -1.55. The zero-order chi connectivity index (χ0) is 14.5. The number of carbonyl (C=O) groups is 1. The number of ether oxygens (including phenoxy) is 1. The monoisotopic (exact) mass is 265 g/mol. The lowest BCUT2D eigenvalue weighted by atomic mass is 9.93. The third-order valence-corrected chi connectivity index (χ3v) is 3.16. The fraction of sp³-hybridized carbons (Fsp3) is 0.533. The van der Waals surface area contributed by atoms with E-state index in [1.165, 1.54) is 5.56 Å². The number of carboxylic acid groups (broad SMARTS) is 1. The predicted molar refractivity (Wildman–Crippen MR) is 75.6 cm³/mol. The van der Waals surface area contributed by atoms with E-state index in [-0.39, 0.29) is 0 Å². The van der Waals surface area contributed by atoms with E-state index >= 15 is 0 Å². The van der Waals surface area contributed by atoms with Crippen molar-refractivity contribution in [2.75, 3.05) is 27.2 Å². The zero-order valence-electron chi connectivity index (χ0n) is 12.1. The molecule has 0 bridgehead atoms. The van der Waals surface area contributed by atoms with Crippen LogP contribution in [0.3, 0.4) is 0 Å². The molecule has 1 rings (SSSR count). The number of likely N-dealkylation sites (N-methyl/N-ethyl adjacent to an activating group) is 1. The van der Waals surface area contributed by atoms with Gasteiger partial charge in [0.05, 0.1) is 12.5 Å². The van der Waals surface area contributed by atoms with Crippen molar-refractivity contribution in [2.45, 2.75) is 20.3 Å². The van der Waals surface area contributed by atoms with Crippen LogP contribution < -0.4 is 4.74 Å². The van der Waals surface area contributed by atoms with Crippen LogP contribution in [0.15, 0.2) is 24.3 Å². The van der Waals surface area contributed by atoms with Crippen molar-refractivity contribution in [3.63, 3.8) is 0 Å². The molecule has 0 saturated heterocycles. The number of methoxy groups -OCH3 is 1. The minimum Gasteiger partial charge on any atom is -0.497 e. The Labute approximate surface area is 115 Å². The van der Waals surface area contributed by atoms with E-state index in [1.54, 1.807) is 21.0 Å². The van der Waals surface area contributed by atoms with Crippen molar-refractivity contribution in [3.05, 3.63) is 29.8 Å².